The van der Waals surface area contributed by atoms with Gasteiger partial charge in [-0.1, -0.05) is 13.8 Å². The summed E-state index contributed by atoms with van der Waals surface area (Å²) >= 11 is 0. The number of rotatable bonds is 3. The highest BCUT2D eigenvalue weighted by atomic mass is 15.4. The molecule has 0 aliphatic heterocycles. The van der Waals surface area contributed by atoms with E-state index in [2.05, 4.69) is 36.7 Å². The predicted octanol–water partition coefficient (Wildman–Crippen LogP) is 2.06. The maximum Gasteiger partial charge on any atom is 0.0657 e. The summed E-state index contributed by atoms with van der Waals surface area (Å²) in [5, 5.41) is 3.64. The van der Waals surface area contributed by atoms with Crippen molar-refractivity contribution in [3.63, 3.8) is 0 Å². The van der Waals surface area contributed by atoms with Crippen LogP contribution in [-0.4, -0.2) is 13.1 Å². The van der Waals surface area contributed by atoms with Gasteiger partial charge in [0.2, 0.25) is 0 Å². The molecule has 0 aromatic heterocycles. The molecule has 1 rings (SSSR count). The fourth-order valence-electron chi connectivity index (χ4n) is 2.38. The van der Waals surface area contributed by atoms with Crippen LogP contribution in [0.3, 0.4) is 0 Å². The average molecular weight is 196 g/mol. The molecule has 0 fully saturated rings. The normalized spacial score (nSPS) is 33.3. The molecule has 3 unspecified atom stereocenters. The van der Waals surface area contributed by atoms with Crippen molar-refractivity contribution in [2.45, 2.75) is 33.2 Å². The van der Waals surface area contributed by atoms with E-state index in [0.29, 0.717) is 17.9 Å². The molecule has 80 valence electrons. The summed E-state index contributed by atoms with van der Waals surface area (Å²) < 4.78 is 0. The average Bonchev–Trinajstić information content (AvgIpc) is 2.12. The third-order valence-corrected chi connectivity index (χ3v) is 3.05. The first-order valence-electron chi connectivity index (χ1n) is 5.12. The van der Waals surface area contributed by atoms with Crippen LogP contribution in [0, 0.1) is 17.4 Å². The SMILES string of the molecule is CNNC1C(C)=C(N=N)C(C)CC1C. The fraction of sp³-hybridized carbons (Fsp3) is 0.800. The standard InChI is InChI=1S/C10H20N4/c1-6-5-7(2)10(14-12-4)8(3)9(6)13-11/h6-7,10-12,14H,5H2,1-4H3. The molecule has 0 saturated carbocycles. The second-order valence-electron chi connectivity index (χ2n) is 4.17. The summed E-state index contributed by atoms with van der Waals surface area (Å²) in [4.78, 5) is 0. The molecule has 3 atom stereocenters. The largest absolute Gasteiger partial charge is 0.260 e. The smallest absolute Gasteiger partial charge is 0.0657 e. The number of nitrogens with one attached hydrogen (secondary N) is 3. The predicted molar refractivity (Wildman–Crippen MR) is 56.8 cm³/mol. The summed E-state index contributed by atoms with van der Waals surface area (Å²) in [5.41, 5.74) is 15.5. The molecule has 0 amide bonds. The molecule has 0 spiro atoms. The van der Waals surface area contributed by atoms with Gasteiger partial charge in [0.05, 0.1) is 5.70 Å². The van der Waals surface area contributed by atoms with E-state index in [1.54, 1.807) is 0 Å². The molecular formula is C10H20N4. The minimum Gasteiger partial charge on any atom is -0.260 e. The molecule has 1 aliphatic carbocycles. The molecule has 4 heteroatoms. The van der Waals surface area contributed by atoms with E-state index in [1.807, 2.05) is 7.05 Å². The van der Waals surface area contributed by atoms with E-state index in [-0.39, 0.29) is 0 Å². The highest BCUT2D eigenvalue weighted by Gasteiger charge is 2.30. The second kappa shape index (κ2) is 4.66. The Morgan fingerprint density at radius 1 is 1.43 bits per heavy atom. The summed E-state index contributed by atoms with van der Waals surface area (Å²) in [6.45, 7) is 6.44. The molecule has 14 heavy (non-hydrogen) atoms. The Kier molecular flexibility index (Phi) is 3.77. The highest BCUT2D eigenvalue weighted by Crippen LogP contribution is 2.34. The van der Waals surface area contributed by atoms with Gasteiger partial charge in [0, 0.05) is 12.0 Å². The van der Waals surface area contributed by atoms with Crippen LogP contribution in [0.4, 0.5) is 0 Å². The Morgan fingerprint density at radius 2 is 2.07 bits per heavy atom. The van der Waals surface area contributed by atoms with Crippen molar-refractivity contribution in [1.82, 2.24) is 10.9 Å². The zero-order valence-corrected chi connectivity index (χ0v) is 9.39. The topological polar surface area (TPSA) is 60.3 Å². The van der Waals surface area contributed by atoms with Gasteiger partial charge in [-0.25, -0.2) is 5.53 Å². The second-order valence-corrected chi connectivity index (χ2v) is 4.17. The number of hydrazine groups is 1. The summed E-state index contributed by atoms with van der Waals surface area (Å²) in [5.74, 6) is 1.00. The summed E-state index contributed by atoms with van der Waals surface area (Å²) in [6, 6.07) is 0.306. The number of allylic oxidation sites excluding steroid dienone is 1. The van der Waals surface area contributed by atoms with Crippen LogP contribution >= 0.6 is 0 Å². The van der Waals surface area contributed by atoms with Gasteiger partial charge in [-0.3, -0.25) is 10.9 Å². The first-order chi connectivity index (χ1) is 6.61. The molecule has 0 saturated heterocycles. The first kappa shape index (κ1) is 11.3. The van der Waals surface area contributed by atoms with Crippen molar-refractivity contribution >= 4 is 0 Å². The monoisotopic (exact) mass is 196 g/mol. The van der Waals surface area contributed by atoms with Crippen LogP contribution in [0.2, 0.25) is 0 Å². The lowest BCUT2D eigenvalue weighted by Crippen LogP contribution is -2.46. The van der Waals surface area contributed by atoms with Crippen LogP contribution < -0.4 is 10.9 Å². The minimum atomic E-state index is 0.306. The minimum absolute atomic E-state index is 0.306. The van der Waals surface area contributed by atoms with Gasteiger partial charge in [0.25, 0.3) is 0 Å². The molecule has 0 radical (unpaired) electrons. The van der Waals surface area contributed by atoms with Crippen molar-refractivity contribution in [2.24, 2.45) is 17.0 Å². The van der Waals surface area contributed by atoms with Crippen LogP contribution in [0.25, 0.3) is 0 Å². The van der Waals surface area contributed by atoms with Crippen molar-refractivity contribution < 1.29 is 0 Å². The van der Waals surface area contributed by atoms with Gasteiger partial charge in [-0.15, -0.1) is 0 Å². The summed E-state index contributed by atoms with van der Waals surface area (Å²) in [6.07, 6.45) is 1.09. The Labute approximate surface area is 85.6 Å². The zero-order chi connectivity index (χ0) is 10.7. The van der Waals surface area contributed by atoms with Crippen LogP contribution in [0.5, 0.6) is 0 Å². The van der Waals surface area contributed by atoms with E-state index in [9.17, 15) is 0 Å². The van der Waals surface area contributed by atoms with E-state index in [0.717, 1.165) is 12.1 Å². The molecule has 0 heterocycles. The van der Waals surface area contributed by atoms with Crippen molar-refractivity contribution in [3.8, 4) is 0 Å². The molecule has 4 nitrogen and oxygen atoms in total. The number of nitrogens with zero attached hydrogens (tertiary/aromatic N) is 1. The zero-order valence-electron chi connectivity index (χ0n) is 9.39. The molecule has 0 bridgehead atoms. The maximum atomic E-state index is 7.16. The quantitative estimate of drug-likeness (QED) is 0.478. The van der Waals surface area contributed by atoms with Crippen molar-refractivity contribution in [3.05, 3.63) is 11.3 Å². The fourth-order valence-corrected chi connectivity index (χ4v) is 2.38. The van der Waals surface area contributed by atoms with E-state index >= 15 is 0 Å². The van der Waals surface area contributed by atoms with E-state index < -0.39 is 0 Å². The van der Waals surface area contributed by atoms with Gasteiger partial charge in [0.15, 0.2) is 0 Å². The Hall–Kier alpha value is -0.740. The summed E-state index contributed by atoms with van der Waals surface area (Å²) in [7, 11) is 1.87. The van der Waals surface area contributed by atoms with E-state index in [1.165, 1.54) is 5.57 Å². The number of hydrogen-bond acceptors (Lipinski definition) is 4. The molecular weight excluding hydrogens is 176 g/mol. The lowest BCUT2D eigenvalue weighted by Gasteiger charge is -2.34. The molecule has 1 aliphatic rings. The lowest BCUT2D eigenvalue weighted by molar-refractivity contribution is 0.309. The first-order valence-corrected chi connectivity index (χ1v) is 5.12. The highest BCUT2D eigenvalue weighted by molar-refractivity contribution is 5.22. The third kappa shape index (κ3) is 2.01. The Balaban J connectivity index is 2.94. The van der Waals surface area contributed by atoms with Crippen LogP contribution in [-0.2, 0) is 0 Å². The Morgan fingerprint density at radius 3 is 2.57 bits per heavy atom. The van der Waals surface area contributed by atoms with Gasteiger partial charge in [0.1, 0.15) is 0 Å². The van der Waals surface area contributed by atoms with Crippen LogP contribution in [0.15, 0.2) is 16.4 Å². The van der Waals surface area contributed by atoms with Gasteiger partial charge in [-0.05, 0) is 31.9 Å². The molecule has 0 aromatic carbocycles. The molecule has 3 N–H and O–H groups in total. The van der Waals surface area contributed by atoms with E-state index in [4.69, 9.17) is 5.53 Å². The maximum absolute atomic E-state index is 7.16. The third-order valence-electron chi connectivity index (χ3n) is 3.05. The number of hydrogen-bond donors (Lipinski definition) is 3. The van der Waals surface area contributed by atoms with Crippen molar-refractivity contribution in [2.75, 3.05) is 7.05 Å². The van der Waals surface area contributed by atoms with Gasteiger partial charge in [-0.2, -0.15) is 5.11 Å². The van der Waals surface area contributed by atoms with Gasteiger partial charge < -0.3 is 0 Å². The Bertz CT molecular complexity index is 247. The van der Waals surface area contributed by atoms with Gasteiger partial charge >= 0.3 is 0 Å². The molecule has 0 aromatic rings. The van der Waals surface area contributed by atoms with Crippen molar-refractivity contribution in [1.29, 1.82) is 5.53 Å². The van der Waals surface area contributed by atoms with Crippen LogP contribution in [0.1, 0.15) is 27.2 Å². The lowest BCUT2D eigenvalue weighted by atomic mass is 9.79.